The van der Waals surface area contributed by atoms with E-state index in [0.29, 0.717) is 30.0 Å². The van der Waals surface area contributed by atoms with Crippen LogP contribution >= 0.6 is 0 Å². The molecule has 0 aliphatic rings. The molecule has 0 saturated carbocycles. The Morgan fingerprint density at radius 1 is 1.33 bits per heavy atom. The number of benzene rings is 1. The van der Waals surface area contributed by atoms with Gasteiger partial charge in [-0.05, 0) is 6.92 Å². The minimum atomic E-state index is -0.389. The average Bonchev–Trinajstić information content (AvgIpc) is 2.76. The molecule has 1 N–H and O–H groups in total. The smallest absolute Gasteiger partial charge is 0.273 e. The van der Waals surface area contributed by atoms with Gasteiger partial charge in [-0.1, -0.05) is 28.5 Å². The van der Waals surface area contributed by atoms with Crippen LogP contribution in [0.2, 0.25) is 0 Å². The number of hydrogen-bond acceptors (Lipinski definition) is 6. The zero-order valence-electron chi connectivity index (χ0n) is 9.79. The molecule has 2 rings (SSSR count). The number of aromatic nitrogens is 2. The highest BCUT2D eigenvalue weighted by molar-refractivity contribution is 5.39. The largest absolute Gasteiger partial charge is 0.307 e. The lowest BCUT2D eigenvalue weighted by Crippen LogP contribution is -2.14. The fourth-order valence-corrected chi connectivity index (χ4v) is 1.56. The van der Waals surface area contributed by atoms with Crippen LogP contribution in [-0.4, -0.2) is 15.2 Å². The Morgan fingerprint density at radius 2 is 2.11 bits per heavy atom. The highest BCUT2D eigenvalue weighted by Crippen LogP contribution is 2.17. The van der Waals surface area contributed by atoms with Gasteiger partial charge < -0.3 is 5.32 Å². The van der Waals surface area contributed by atoms with E-state index in [9.17, 15) is 10.1 Å². The van der Waals surface area contributed by atoms with Gasteiger partial charge in [0.1, 0.15) is 11.4 Å². The summed E-state index contributed by atoms with van der Waals surface area (Å²) in [6, 6.07) is 6.62. The third kappa shape index (κ3) is 2.69. The lowest BCUT2D eigenvalue weighted by atomic mass is 10.2. The van der Waals surface area contributed by atoms with Crippen LogP contribution in [0.5, 0.6) is 0 Å². The molecular formula is C11H12N4O3. The molecule has 0 bridgehead atoms. The van der Waals surface area contributed by atoms with Crippen LogP contribution in [0, 0.1) is 17.0 Å². The number of para-hydroxylation sites is 1. The topological polar surface area (TPSA) is 94.1 Å². The van der Waals surface area contributed by atoms with E-state index in [1.54, 1.807) is 25.1 Å². The zero-order valence-corrected chi connectivity index (χ0v) is 9.79. The van der Waals surface area contributed by atoms with E-state index in [4.69, 9.17) is 0 Å². The van der Waals surface area contributed by atoms with E-state index in [1.165, 1.54) is 6.07 Å². The molecule has 0 atom stereocenters. The van der Waals surface area contributed by atoms with Gasteiger partial charge >= 0.3 is 0 Å². The number of rotatable bonds is 5. The highest BCUT2D eigenvalue weighted by atomic mass is 16.6. The van der Waals surface area contributed by atoms with Gasteiger partial charge in [0.15, 0.2) is 0 Å². The van der Waals surface area contributed by atoms with Gasteiger partial charge in [0.2, 0.25) is 0 Å². The number of aryl methyl sites for hydroxylation is 1. The summed E-state index contributed by atoms with van der Waals surface area (Å²) in [6.07, 6.45) is 0. The Kier molecular flexibility index (Phi) is 3.63. The summed E-state index contributed by atoms with van der Waals surface area (Å²) in [4.78, 5) is 10.4. The van der Waals surface area contributed by atoms with Crippen molar-refractivity contribution in [2.24, 2.45) is 0 Å². The Hall–Kier alpha value is -2.28. The Morgan fingerprint density at radius 3 is 2.78 bits per heavy atom. The number of nitrogens with one attached hydrogen (secondary N) is 1. The minimum Gasteiger partial charge on any atom is -0.307 e. The summed E-state index contributed by atoms with van der Waals surface area (Å²) >= 11 is 0. The predicted octanol–water partition coefficient (Wildman–Crippen LogP) is 1.58. The van der Waals surface area contributed by atoms with Crippen LogP contribution in [0.15, 0.2) is 28.9 Å². The standard InChI is InChI=1S/C11H12N4O3/c1-8-10(14-18-13-8)7-12-6-9-4-2-3-5-11(9)15(16)17/h2-5,12H,6-7H2,1H3. The predicted molar refractivity (Wildman–Crippen MR) is 62.7 cm³/mol. The maximum absolute atomic E-state index is 10.8. The van der Waals surface area contributed by atoms with Gasteiger partial charge in [-0.2, -0.15) is 0 Å². The highest BCUT2D eigenvalue weighted by Gasteiger charge is 2.12. The molecule has 7 heteroatoms. The van der Waals surface area contributed by atoms with Gasteiger partial charge in [-0.3, -0.25) is 10.1 Å². The van der Waals surface area contributed by atoms with E-state index < -0.39 is 0 Å². The molecule has 0 aliphatic carbocycles. The van der Waals surface area contributed by atoms with Crippen molar-refractivity contribution in [1.29, 1.82) is 0 Å². The second-order valence-corrected chi connectivity index (χ2v) is 3.79. The van der Waals surface area contributed by atoms with Crippen molar-refractivity contribution < 1.29 is 9.55 Å². The number of hydrogen-bond donors (Lipinski definition) is 1. The summed E-state index contributed by atoms with van der Waals surface area (Å²) in [7, 11) is 0. The van der Waals surface area contributed by atoms with Crippen LogP contribution in [0.3, 0.4) is 0 Å². The molecule has 18 heavy (non-hydrogen) atoms. The summed E-state index contributed by atoms with van der Waals surface area (Å²) in [6.45, 7) is 2.64. The van der Waals surface area contributed by atoms with Gasteiger partial charge in [0.05, 0.1) is 4.92 Å². The molecule has 0 fully saturated rings. The molecule has 2 aromatic rings. The van der Waals surface area contributed by atoms with Gasteiger partial charge in [-0.15, -0.1) is 0 Å². The second kappa shape index (κ2) is 5.37. The first-order chi connectivity index (χ1) is 8.68. The molecule has 1 aromatic heterocycles. The quantitative estimate of drug-likeness (QED) is 0.637. The van der Waals surface area contributed by atoms with Crippen LogP contribution in [0.25, 0.3) is 0 Å². The first-order valence-corrected chi connectivity index (χ1v) is 5.39. The van der Waals surface area contributed by atoms with Crippen LogP contribution in [0.1, 0.15) is 17.0 Å². The van der Waals surface area contributed by atoms with Crippen molar-refractivity contribution in [1.82, 2.24) is 15.6 Å². The molecule has 0 amide bonds. The average molecular weight is 248 g/mol. The monoisotopic (exact) mass is 248 g/mol. The normalized spacial score (nSPS) is 10.5. The zero-order chi connectivity index (χ0) is 13.0. The fourth-order valence-electron chi connectivity index (χ4n) is 1.56. The number of nitro benzene ring substituents is 1. The van der Waals surface area contributed by atoms with Crippen molar-refractivity contribution in [3.05, 3.63) is 51.3 Å². The Labute approximate surface area is 103 Å². The molecule has 0 spiro atoms. The lowest BCUT2D eigenvalue weighted by Gasteiger charge is -2.03. The van der Waals surface area contributed by atoms with Crippen molar-refractivity contribution >= 4 is 5.69 Å². The summed E-state index contributed by atoms with van der Waals surface area (Å²) < 4.78 is 4.56. The Bertz CT molecular complexity index is 553. The van der Waals surface area contributed by atoms with Gasteiger partial charge in [0, 0.05) is 24.7 Å². The molecule has 1 aromatic carbocycles. The molecule has 94 valence electrons. The van der Waals surface area contributed by atoms with E-state index in [1.807, 2.05) is 0 Å². The van der Waals surface area contributed by atoms with E-state index >= 15 is 0 Å². The number of nitrogens with zero attached hydrogens (tertiary/aromatic N) is 3. The fraction of sp³-hybridized carbons (Fsp3) is 0.273. The van der Waals surface area contributed by atoms with Crippen LogP contribution < -0.4 is 5.32 Å². The Balaban J connectivity index is 1.99. The van der Waals surface area contributed by atoms with Gasteiger partial charge in [0.25, 0.3) is 5.69 Å². The molecular weight excluding hydrogens is 236 g/mol. The van der Waals surface area contributed by atoms with Crippen molar-refractivity contribution in [3.63, 3.8) is 0 Å². The van der Waals surface area contributed by atoms with Crippen LogP contribution in [0.4, 0.5) is 5.69 Å². The maximum Gasteiger partial charge on any atom is 0.273 e. The first-order valence-electron chi connectivity index (χ1n) is 5.39. The van der Waals surface area contributed by atoms with Crippen molar-refractivity contribution in [3.8, 4) is 0 Å². The molecule has 0 aliphatic heterocycles. The summed E-state index contributed by atoms with van der Waals surface area (Å²) in [5.74, 6) is 0. The molecule has 0 unspecified atom stereocenters. The van der Waals surface area contributed by atoms with E-state index in [2.05, 4.69) is 20.3 Å². The maximum atomic E-state index is 10.8. The summed E-state index contributed by atoms with van der Waals surface area (Å²) in [5, 5.41) is 21.3. The van der Waals surface area contributed by atoms with E-state index in [0.717, 1.165) is 0 Å². The molecule has 0 saturated heterocycles. The molecule has 0 radical (unpaired) electrons. The van der Waals surface area contributed by atoms with Gasteiger partial charge in [-0.25, -0.2) is 4.63 Å². The molecule has 1 heterocycles. The third-order valence-corrected chi connectivity index (χ3v) is 2.54. The SMILES string of the molecule is Cc1nonc1CNCc1ccccc1[N+](=O)[O-]. The van der Waals surface area contributed by atoms with Crippen molar-refractivity contribution in [2.45, 2.75) is 20.0 Å². The van der Waals surface area contributed by atoms with Crippen molar-refractivity contribution in [2.75, 3.05) is 0 Å². The second-order valence-electron chi connectivity index (χ2n) is 3.79. The molecule has 7 nitrogen and oxygen atoms in total. The minimum absolute atomic E-state index is 0.111. The number of nitro groups is 1. The van der Waals surface area contributed by atoms with Crippen LogP contribution in [-0.2, 0) is 13.1 Å². The van der Waals surface area contributed by atoms with E-state index in [-0.39, 0.29) is 10.6 Å². The third-order valence-electron chi connectivity index (χ3n) is 2.54. The summed E-state index contributed by atoms with van der Waals surface area (Å²) in [5.41, 5.74) is 2.16. The first kappa shape index (κ1) is 12.2. The lowest BCUT2D eigenvalue weighted by molar-refractivity contribution is -0.385.